The fraction of sp³-hybridized carbons (Fsp3) is 0.333. The van der Waals surface area contributed by atoms with Gasteiger partial charge in [-0.25, -0.2) is 8.42 Å². The van der Waals surface area contributed by atoms with Crippen LogP contribution in [0.4, 0.5) is 5.69 Å². The van der Waals surface area contributed by atoms with Crippen molar-refractivity contribution < 1.29 is 27.5 Å². The van der Waals surface area contributed by atoms with Crippen LogP contribution in [0.1, 0.15) is 32.8 Å². The number of benzene rings is 3. The zero-order valence-electron chi connectivity index (χ0n) is 24.1. The Bertz CT molecular complexity index is 1500. The largest absolute Gasteiger partial charge is 0.497 e. The average Bonchev–Trinajstić information content (AvgIpc) is 2.96. The third-order valence-electron chi connectivity index (χ3n) is 6.44. The summed E-state index contributed by atoms with van der Waals surface area (Å²) < 4.78 is 40.0. The molecule has 3 aromatic rings. The van der Waals surface area contributed by atoms with E-state index >= 15 is 0 Å². The van der Waals surface area contributed by atoms with Gasteiger partial charge in [0.15, 0.2) is 0 Å². The molecule has 1 N–H and O–H groups in total. The maximum absolute atomic E-state index is 14.2. The molecule has 226 valence electrons. The summed E-state index contributed by atoms with van der Waals surface area (Å²) in [6.07, 6.45) is 0.267. The van der Waals surface area contributed by atoms with Crippen molar-refractivity contribution in [3.05, 3.63) is 82.3 Å². The van der Waals surface area contributed by atoms with Crippen LogP contribution in [0.2, 0.25) is 10.0 Å². The normalized spacial score (nSPS) is 12.0. The number of carbonyl (C=O) groups is 2. The molecule has 42 heavy (non-hydrogen) atoms. The van der Waals surface area contributed by atoms with Gasteiger partial charge in [0.25, 0.3) is 10.0 Å². The highest BCUT2D eigenvalue weighted by Crippen LogP contribution is 2.36. The molecule has 0 bridgehead atoms. The van der Waals surface area contributed by atoms with Gasteiger partial charge in [-0.05, 0) is 62.2 Å². The first-order chi connectivity index (χ1) is 19.9. The van der Waals surface area contributed by atoms with Crippen molar-refractivity contribution in [2.45, 2.75) is 50.7 Å². The van der Waals surface area contributed by atoms with E-state index in [1.54, 1.807) is 55.5 Å². The highest BCUT2D eigenvalue weighted by Gasteiger charge is 2.35. The summed E-state index contributed by atoms with van der Waals surface area (Å²) in [5, 5.41) is 3.58. The zero-order chi connectivity index (χ0) is 31.0. The Hall–Kier alpha value is -3.47. The molecule has 0 saturated carbocycles. The van der Waals surface area contributed by atoms with E-state index in [9.17, 15) is 18.0 Å². The van der Waals surface area contributed by atoms with Crippen LogP contribution >= 0.6 is 23.2 Å². The number of sulfonamides is 1. The molecule has 3 rings (SSSR count). The van der Waals surface area contributed by atoms with E-state index in [4.69, 9.17) is 32.7 Å². The Labute approximate surface area is 257 Å². The van der Waals surface area contributed by atoms with Crippen LogP contribution in [0, 0.1) is 0 Å². The van der Waals surface area contributed by atoms with Gasteiger partial charge < -0.3 is 19.7 Å². The van der Waals surface area contributed by atoms with Crippen molar-refractivity contribution in [2.24, 2.45) is 0 Å². The number of amides is 2. The van der Waals surface area contributed by atoms with E-state index in [0.29, 0.717) is 21.4 Å². The summed E-state index contributed by atoms with van der Waals surface area (Å²) >= 11 is 12.5. The minimum absolute atomic E-state index is 0.0282. The zero-order valence-corrected chi connectivity index (χ0v) is 26.5. The van der Waals surface area contributed by atoms with Gasteiger partial charge in [0, 0.05) is 28.7 Å². The van der Waals surface area contributed by atoms with E-state index in [0.717, 1.165) is 4.31 Å². The molecule has 0 aliphatic carbocycles. The maximum atomic E-state index is 14.2. The standard InChI is InChI=1S/C30H35Cl2N3O6S/c1-6-26(30(37)33-20(2)3)34(18-21-12-13-22(31)16-25(21)32)29(36)19-35(42(38,39)24-10-8-7-9-11-24)27-17-23(40-4)14-15-28(27)41-5/h7-17,20,26H,6,18-19H2,1-5H3,(H,33,37)/t26-/m0/s1. The predicted molar refractivity (Wildman–Crippen MR) is 165 cm³/mol. The highest BCUT2D eigenvalue weighted by atomic mass is 35.5. The third kappa shape index (κ3) is 7.87. The fourth-order valence-corrected chi connectivity index (χ4v) is 6.26. The second kappa shape index (κ2) is 14.6. The van der Waals surface area contributed by atoms with Crippen molar-refractivity contribution in [1.29, 1.82) is 0 Å². The first-order valence-electron chi connectivity index (χ1n) is 13.3. The molecule has 0 radical (unpaired) electrons. The maximum Gasteiger partial charge on any atom is 0.264 e. The number of hydrogen-bond donors (Lipinski definition) is 1. The number of nitrogens with one attached hydrogen (secondary N) is 1. The van der Waals surface area contributed by atoms with Crippen LogP contribution in [-0.2, 0) is 26.2 Å². The van der Waals surface area contributed by atoms with E-state index in [2.05, 4.69) is 5.32 Å². The van der Waals surface area contributed by atoms with E-state index in [1.807, 2.05) is 13.8 Å². The van der Waals surface area contributed by atoms with E-state index in [1.165, 1.54) is 37.3 Å². The number of anilines is 1. The van der Waals surface area contributed by atoms with Crippen molar-refractivity contribution in [1.82, 2.24) is 10.2 Å². The van der Waals surface area contributed by atoms with Crippen LogP contribution in [0.25, 0.3) is 0 Å². The number of halogens is 2. The van der Waals surface area contributed by atoms with Crippen molar-refractivity contribution >= 4 is 50.7 Å². The Balaban J connectivity index is 2.16. The smallest absolute Gasteiger partial charge is 0.264 e. The molecule has 9 nitrogen and oxygen atoms in total. The summed E-state index contributed by atoms with van der Waals surface area (Å²) in [5.74, 6) is -0.433. The van der Waals surface area contributed by atoms with Crippen LogP contribution < -0.4 is 19.1 Å². The summed E-state index contributed by atoms with van der Waals surface area (Å²) in [7, 11) is -1.44. The van der Waals surface area contributed by atoms with Gasteiger partial charge in [0.1, 0.15) is 24.1 Å². The number of methoxy groups -OCH3 is 2. The molecule has 0 saturated heterocycles. The van der Waals surface area contributed by atoms with Gasteiger partial charge >= 0.3 is 0 Å². The summed E-state index contributed by atoms with van der Waals surface area (Å²) in [6.45, 7) is 4.70. The molecule has 0 heterocycles. The van der Waals surface area contributed by atoms with Crippen LogP contribution in [0.3, 0.4) is 0 Å². The lowest BCUT2D eigenvalue weighted by Crippen LogP contribution is -2.53. The Kier molecular flexibility index (Phi) is 11.5. The van der Waals surface area contributed by atoms with Gasteiger partial charge in [-0.15, -0.1) is 0 Å². The van der Waals surface area contributed by atoms with Crippen molar-refractivity contribution in [2.75, 3.05) is 25.1 Å². The minimum Gasteiger partial charge on any atom is -0.497 e. The van der Waals surface area contributed by atoms with Gasteiger partial charge in [0.2, 0.25) is 11.8 Å². The Morgan fingerprint density at radius 2 is 1.64 bits per heavy atom. The number of nitrogens with zero attached hydrogens (tertiary/aromatic N) is 2. The minimum atomic E-state index is -4.29. The molecule has 0 aliphatic heterocycles. The lowest BCUT2D eigenvalue weighted by Gasteiger charge is -2.34. The Morgan fingerprint density at radius 1 is 0.952 bits per heavy atom. The molecule has 0 unspecified atom stereocenters. The monoisotopic (exact) mass is 635 g/mol. The van der Waals surface area contributed by atoms with Gasteiger partial charge in [-0.3, -0.25) is 13.9 Å². The quantitative estimate of drug-likeness (QED) is 0.264. The molecule has 1 atom stereocenters. The summed E-state index contributed by atoms with van der Waals surface area (Å²) in [5.41, 5.74) is 0.639. The van der Waals surface area contributed by atoms with Crippen molar-refractivity contribution in [3.63, 3.8) is 0 Å². The number of rotatable bonds is 13. The molecular weight excluding hydrogens is 601 g/mol. The second-order valence-corrected chi connectivity index (χ2v) is 12.4. The molecule has 0 aliphatic rings. The molecule has 0 aromatic heterocycles. The van der Waals surface area contributed by atoms with Crippen LogP contribution in [0.5, 0.6) is 11.5 Å². The molecule has 2 amide bonds. The van der Waals surface area contributed by atoms with E-state index < -0.39 is 28.5 Å². The van der Waals surface area contributed by atoms with Gasteiger partial charge in [0.05, 0.1) is 24.8 Å². The number of ether oxygens (including phenoxy) is 2. The Morgan fingerprint density at radius 3 is 2.21 bits per heavy atom. The van der Waals surface area contributed by atoms with Crippen LogP contribution in [0.15, 0.2) is 71.6 Å². The van der Waals surface area contributed by atoms with Gasteiger partial charge in [-0.1, -0.05) is 54.4 Å². The molecule has 12 heteroatoms. The summed E-state index contributed by atoms with van der Waals surface area (Å²) in [4.78, 5) is 28.8. The first-order valence-corrected chi connectivity index (χ1v) is 15.5. The highest BCUT2D eigenvalue weighted by molar-refractivity contribution is 7.92. The topological polar surface area (TPSA) is 105 Å². The molecule has 0 fully saturated rings. The lowest BCUT2D eigenvalue weighted by molar-refractivity contribution is -0.140. The molecule has 0 spiro atoms. The number of carbonyl (C=O) groups excluding carboxylic acids is 2. The average molecular weight is 637 g/mol. The number of hydrogen-bond acceptors (Lipinski definition) is 6. The predicted octanol–water partition coefficient (Wildman–Crippen LogP) is 5.54. The lowest BCUT2D eigenvalue weighted by atomic mass is 10.1. The summed E-state index contributed by atoms with van der Waals surface area (Å²) in [6, 6.07) is 16.2. The van der Waals surface area contributed by atoms with Gasteiger partial charge in [-0.2, -0.15) is 0 Å². The fourth-order valence-electron chi connectivity index (χ4n) is 4.36. The van der Waals surface area contributed by atoms with E-state index in [-0.39, 0.29) is 41.2 Å². The van der Waals surface area contributed by atoms with Crippen molar-refractivity contribution in [3.8, 4) is 11.5 Å². The molecular formula is C30H35Cl2N3O6S. The third-order valence-corrected chi connectivity index (χ3v) is 8.80. The molecule has 3 aromatic carbocycles. The second-order valence-electron chi connectivity index (χ2n) is 9.71. The van der Waals surface area contributed by atoms with Crippen LogP contribution in [-0.4, -0.2) is 58.0 Å². The SMILES string of the molecule is CC[C@@H](C(=O)NC(C)C)N(Cc1ccc(Cl)cc1Cl)C(=O)CN(c1cc(OC)ccc1OC)S(=O)(=O)c1ccccc1. The first kappa shape index (κ1) is 33.0.